The van der Waals surface area contributed by atoms with Crippen LogP contribution in [-0.2, 0) is 14.3 Å². The quantitative estimate of drug-likeness (QED) is 0.148. The molecule has 0 atom stereocenters. The van der Waals surface area contributed by atoms with Gasteiger partial charge >= 0.3 is 11.7 Å². The first-order valence-electron chi connectivity index (χ1n) is 3.14. The first-order valence-corrected chi connectivity index (χ1v) is 3.14. The van der Waals surface area contributed by atoms with Crippen molar-refractivity contribution < 1.29 is 19.1 Å². The lowest BCUT2D eigenvalue weighted by atomic mass is 10.3. The number of ketones is 1. The Morgan fingerprint density at radius 2 is 2.25 bits per heavy atom. The Balaban J connectivity index is 4.35. The molecule has 0 saturated carbocycles. The predicted octanol–water partition coefficient (Wildman–Crippen LogP) is -0.0246. The van der Waals surface area contributed by atoms with Gasteiger partial charge in [0.05, 0.1) is 0 Å². The summed E-state index contributed by atoms with van der Waals surface area (Å²) < 4.78 is 4.44. The highest BCUT2D eigenvalue weighted by atomic mass is 16.5. The van der Waals surface area contributed by atoms with Gasteiger partial charge in [-0.2, -0.15) is 4.79 Å². The summed E-state index contributed by atoms with van der Waals surface area (Å²) in [5.41, 5.74) is 7.59. The summed E-state index contributed by atoms with van der Waals surface area (Å²) >= 11 is 0. The number of hydrogen-bond donors (Lipinski definition) is 0. The normalized spacial score (nSPS) is 8.08. The summed E-state index contributed by atoms with van der Waals surface area (Å²) in [6.07, 6.45) is 1.34. The molecular formula is C7H8N2O3. The van der Waals surface area contributed by atoms with Gasteiger partial charge in [0.2, 0.25) is 5.78 Å². The van der Waals surface area contributed by atoms with Crippen LogP contribution in [0.1, 0.15) is 6.92 Å². The van der Waals surface area contributed by atoms with Gasteiger partial charge in [0, 0.05) is 6.92 Å². The molecule has 0 heterocycles. The summed E-state index contributed by atoms with van der Waals surface area (Å²) in [7, 11) is 0. The van der Waals surface area contributed by atoms with E-state index >= 15 is 0 Å². The number of Topliss-reactive ketones (excluding diaryl/α,β-unsaturated/α-hetero) is 1. The van der Waals surface area contributed by atoms with Crippen molar-refractivity contribution in [2.75, 3.05) is 6.61 Å². The molecule has 0 amide bonds. The van der Waals surface area contributed by atoms with E-state index in [0.717, 1.165) is 6.92 Å². The molecule has 0 aliphatic carbocycles. The van der Waals surface area contributed by atoms with E-state index in [9.17, 15) is 9.59 Å². The Labute approximate surface area is 69.3 Å². The van der Waals surface area contributed by atoms with Crippen molar-refractivity contribution >= 4 is 17.5 Å². The molecule has 0 fully saturated rings. The van der Waals surface area contributed by atoms with Gasteiger partial charge in [0.25, 0.3) is 0 Å². The van der Waals surface area contributed by atoms with Gasteiger partial charge in [-0.15, -0.1) is 0 Å². The van der Waals surface area contributed by atoms with Crippen molar-refractivity contribution in [3.05, 3.63) is 18.2 Å². The lowest BCUT2D eigenvalue weighted by Crippen LogP contribution is -2.25. The zero-order chi connectivity index (χ0) is 9.56. The second-order valence-electron chi connectivity index (χ2n) is 1.89. The number of esters is 1. The maximum atomic E-state index is 10.8. The monoisotopic (exact) mass is 168 g/mol. The molecule has 0 aromatic carbocycles. The van der Waals surface area contributed by atoms with Crippen molar-refractivity contribution in [2.24, 2.45) is 0 Å². The van der Waals surface area contributed by atoms with E-state index in [2.05, 4.69) is 16.1 Å². The Hall–Kier alpha value is -1.74. The fourth-order valence-electron chi connectivity index (χ4n) is 0.458. The van der Waals surface area contributed by atoms with E-state index < -0.39 is 17.5 Å². The standard InChI is InChI=1S/C7H8N2O3/c1-3-4-12-7(11)6(9-8)5(2)10/h3H,1,4H2,2H3. The van der Waals surface area contributed by atoms with Crippen LogP contribution in [0.4, 0.5) is 0 Å². The molecule has 0 aliphatic heterocycles. The predicted molar refractivity (Wildman–Crippen MR) is 40.5 cm³/mol. The molecular weight excluding hydrogens is 160 g/mol. The Morgan fingerprint density at radius 3 is 2.58 bits per heavy atom. The second-order valence-corrected chi connectivity index (χ2v) is 1.89. The average Bonchev–Trinajstić information content (AvgIpc) is 2.01. The molecule has 0 radical (unpaired) electrons. The number of hydrogen-bond acceptors (Lipinski definition) is 3. The molecule has 0 spiro atoms. The highest BCUT2D eigenvalue weighted by Crippen LogP contribution is 1.83. The third-order valence-electron chi connectivity index (χ3n) is 0.959. The number of nitrogens with zero attached hydrogens (tertiary/aromatic N) is 2. The minimum absolute atomic E-state index is 0.0227. The fourth-order valence-corrected chi connectivity index (χ4v) is 0.458. The van der Waals surface area contributed by atoms with Crippen molar-refractivity contribution in [3.8, 4) is 0 Å². The topological polar surface area (TPSA) is 79.8 Å². The molecule has 0 aromatic rings. The summed E-state index contributed by atoms with van der Waals surface area (Å²) in [5, 5.41) is 0. The molecule has 0 unspecified atom stereocenters. The molecule has 0 aromatic heterocycles. The van der Waals surface area contributed by atoms with Gasteiger partial charge in [0.15, 0.2) is 0 Å². The van der Waals surface area contributed by atoms with E-state index in [1.807, 2.05) is 0 Å². The number of ether oxygens (including phenoxy) is 1. The van der Waals surface area contributed by atoms with Gasteiger partial charge in [0.1, 0.15) is 6.61 Å². The number of rotatable bonds is 4. The van der Waals surface area contributed by atoms with Gasteiger partial charge < -0.3 is 10.3 Å². The number of carbonyl (C=O) groups is 2. The molecule has 5 nitrogen and oxygen atoms in total. The van der Waals surface area contributed by atoms with E-state index in [1.165, 1.54) is 6.08 Å². The van der Waals surface area contributed by atoms with Gasteiger partial charge in [-0.1, -0.05) is 12.7 Å². The van der Waals surface area contributed by atoms with Crippen LogP contribution in [0.3, 0.4) is 0 Å². The summed E-state index contributed by atoms with van der Waals surface area (Å²) in [6, 6.07) is 0. The van der Waals surface area contributed by atoms with Crippen LogP contribution in [0.25, 0.3) is 5.53 Å². The molecule has 0 saturated heterocycles. The fraction of sp³-hybridized carbons (Fsp3) is 0.286. The zero-order valence-electron chi connectivity index (χ0n) is 6.61. The van der Waals surface area contributed by atoms with E-state index in [4.69, 9.17) is 5.53 Å². The lowest BCUT2D eigenvalue weighted by Gasteiger charge is -1.93. The first-order chi connectivity index (χ1) is 5.63. The summed E-state index contributed by atoms with van der Waals surface area (Å²) in [6.45, 7) is 4.38. The van der Waals surface area contributed by atoms with Crippen molar-refractivity contribution in [1.82, 2.24) is 0 Å². The minimum Gasteiger partial charge on any atom is -0.453 e. The van der Waals surface area contributed by atoms with Crippen LogP contribution in [0, 0.1) is 0 Å². The van der Waals surface area contributed by atoms with Crippen LogP contribution in [-0.4, -0.2) is 28.9 Å². The van der Waals surface area contributed by atoms with E-state index in [-0.39, 0.29) is 6.61 Å². The van der Waals surface area contributed by atoms with Crippen LogP contribution in [0.5, 0.6) is 0 Å². The third kappa shape index (κ3) is 2.90. The van der Waals surface area contributed by atoms with Crippen molar-refractivity contribution in [3.63, 3.8) is 0 Å². The first kappa shape index (κ1) is 10.3. The van der Waals surface area contributed by atoms with Crippen LogP contribution >= 0.6 is 0 Å². The lowest BCUT2D eigenvalue weighted by molar-refractivity contribution is -0.140. The Kier molecular flexibility index (Phi) is 4.26. The van der Waals surface area contributed by atoms with Crippen LogP contribution in [0.15, 0.2) is 12.7 Å². The van der Waals surface area contributed by atoms with E-state index in [1.54, 1.807) is 0 Å². The molecule has 0 N–H and O–H groups in total. The Morgan fingerprint density at radius 1 is 1.67 bits per heavy atom. The molecule has 64 valence electrons. The van der Waals surface area contributed by atoms with Gasteiger partial charge in [-0.05, 0) is 0 Å². The maximum absolute atomic E-state index is 10.8. The molecule has 0 rings (SSSR count). The molecule has 12 heavy (non-hydrogen) atoms. The Bertz CT molecular complexity index is 264. The maximum Gasteiger partial charge on any atom is 0.441 e. The van der Waals surface area contributed by atoms with E-state index in [0.29, 0.717) is 0 Å². The van der Waals surface area contributed by atoms with Crippen molar-refractivity contribution in [2.45, 2.75) is 6.92 Å². The van der Waals surface area contributed by atoms with Gasteiger partial charge in [-0.3, -0.25) is 4.79 Å². The highest BCUT2D eigenvalue weighted by molar-refractivity contribution is 6.61. The third-order valence-corrected chi connectivity index (χ3v) is 0.959. The average molecular weight is 168 g/mol. The summed E-state index contributed by atoms with van der Waals surface area (Å²) in [4.78, 5) is 23.9. The second kappa shape index (κ2) is 4.98. The zero-order valence-corrected chi connectivity index (χ0v) is 6.61. The van der Waals surface area contributed by atoms with Gasteiger partial charge in [-0.25, -0.2) is 4.79 Å². The minimum atomic E-state index is -0.954. The molecule has 0 aliphatic rings. The highest BCUT2D eigenvalue weighted by Gasteiger charge is 2.26. The molecule has 0 bridgehead atoms. The van der Waals surface area contributed by atoms with Crippen molar-refractivity contribution in [1.29, 1.82) is 0 Å². The largest absolute Gasteiger partial charge is 0.453 e. The van der Waals surface area contributed by atoms with Crippen LogP contribution < -0.4 is 0 Å². The number of carbonyl (C=O) groups excluding carboxylic acids is 2. The summed E-state index contributed by atoms with van der Waals surface area (Å²) in [5.74, 6) is -1.60. The SMILES string of the molecule is C=CCOC(=O)C(=[N+]=[N-])C(C)=O. The smallest absolute Gasteiger partial charge is 0.441 e. The van der Waals surface area contributed by atoms with Crippen LogP contribution in [0.2, 0.25) is 0 Å². The molecule has 5 heteroatoms.